The zero-order valence-electron chi connectivity index (χ0n) is 15.7. The Morgan fingerprint density at radius 3 is 2.41 bits per heavy atom. The zero-order chi connectivity index (χ0) is 20.2. The highest BCUT2D eigenvalue weighted by atomic mass is 35.5. The minimum absolute atomic E-state index is 0.110. The first-order valence-electron chi connectivity index (χ1n) is 8.45. The molecule has 0 aliphatic carbocycles. The van der Waals surface area contributed by atoms with E-state index in [2.05, 4.69) is 10.0 Å². The van der Waals surface area contributed by atoms with Gasteiger partial charge in [0.2, 0.25) is 10.0 Å². The van der Waals surface area contributed by atoms with Gasteiger partial charge in [-0.05, 0) is 56.2 Å². The quantitative estimate of drug-likeness (QED) is 0.722. The second-order valence-corrected chi connectivity index (χ2v) is 8.33. The molecule has 0 aliphatic rings. The Balaban J connectivity index is 2.21. The third-order valence-corrected chi connectivity index (χ3v) is 6.14. The number of carbonyl (C=O) groups is 1. The number of anilines is 1. The van der Waals surface area contributed by atoms with Gasteiger partial charge in [0, 0.05) is 22.7 Å². The van der Waals surface area contributed by atoms with Crippen LogP contribution in [-0.2, 0) is 10.0 Å². The van der Waals surface area contributed by atoms with Gasteiger partial charge in [0.05, 0.1) is 17.7 Å². The van der Waals surface area contributed by atoms with Crippen molar-refractivity contribution in [3.05, 3.63) is 52.5 Å². The Bertz CT molecular complexity index is 927. The van der Waals surface area contributed by atoms with Gasteiger partial charge in [-0.1, -0.05) is 18.5 Å². The van der Waals surface area contributed by atoms with Crippen LogP contribution in [0, 0.1) is 6.92 Å². The number of methoxy groups -OCH3 is 1. The monoisotopic (exact) mass is 410 g/mol. The van der Waals surface area contributed by atoms with Gasteiger partial charge in [0.25, 0.3) is 5.91 Å². The van der Waals surface area contributed by atoms with Crippen LogP contribution in [0.25, 0.3) is 0 Å². The Hall–Kier alpha value is -2.09. The largest absolute Gasteiger partial charge is 0.495 e. The lowest BCUT2D eigenvalue weighted by atomic mass is 10.1. The van der Waals surface area contributed by atoms with E-state index in [1.165, 1.54) is 31.4 Å². The third kappa shape index (κ3) is 5.22. The van der Waals surface area contributed by atoms with Crippen molar-refractivity contribution in [1.29, 1.82) is 0 Å². The van der Waals surface area contributed by atoms with E-state index < -0.39 is 10.0 Å². The van der Waals surface area contributed by atoms with Crippen LogP contribution < -0.4 is 14.8 Å². The maximum Gasteiger partial charge on any atom is 0.255 e. The molecule has 0 saturated heterocycles. The molecule has 2 aromatic rings. The van der Waals surface area contributed by atoms with E-state index in [9.17, 15) is 13.2 Å². The second kappa shape index (κ2) is 8.73. The average molecular weight is 411 g/mol. The van der Waals surface area contributed by atoms with Crippen molar-refractivity contribution in [2.24, 2.45) is 0 Å². The molecule has 1 amide bonds. The molecule has 0 saturated carbocycles. The standard InChI is InChI=1S/C19H23ClN2O4S/c1-5-13(3)22-27(24,25)15-8-6-14(7-9-15)19(23)21-17-10-12(2)16(20)11-18(17)26-4/h6-11,13,22H,5H2,1-4H3,(H,21,23). The maximum atomic E-state index is 12.5. The molecule has 1 atom stereocenters. The van der Waals surface area contributed by atoms with Gasteiger partial charge in [-0.15, -0.1) is 0 Å². The summed E-state index contributed by atoms with van der Waals surface area (Å²) in [7, 11) is -2.12. The second-order valence-electron chi connectivity index (χ2n) is 6.21. The number of nitrogens with one attached hydrogen (secondary N) is 2. The van der Waals surface area contributed by atoms with Crippen molar-refractivity contribution in [1.82, 2.24) is 4.72 Å². The van der Waals surface area contributed by atoms with Crippen LogP contribution >= 0.6 is 11.6 Å². The van der Waals surface area contributed by atoms with Crippen LogP contribution in [0.15, 0.2) is 41.3 Å². The molecule has 0 aromatic heterocycles. The van der Waals surface area contributed by atoms with E-state index in [0.717, 1.165) is 5.56 Å². The minimum Gasteiger partial charge on any atom is -0.495 e. The number of sulfonamides is 1. The maximum absolute atomic E-state index is 12.5. The molecule has 2 N–H and O–H groups in total. The molecule has 1 unspecified atom stereocenters. The van der Waals surface area contributed by atoms with E-state index >= 15 is 0 Å². The Morgan fingerprint density at radius 2 is 1.85 bits per heavy atom. The van der Waals surface area contributed by atoms with E-state index in [4.69, 9.17) is 16.3 Å². The first-order valence-corrected chi connectivity index (χ1v) is 10.3. The summed E-state index contributed by atoms with van der Waals surface area (Å²) in [6, 6.07) is 8.93. The number of carbonyl (C=O) groups excluding carboxylic acids is 1. The van der Waals surface area contributed by atoms with Crippen LogP contribution in [0.4, 0.5) is 5.69 Å². The Labute approximate surface area is 164 Å². The molecular formula is C19H23ClN2O4S. The summed E-state index contributed by atoms with van der Waals surface area (Å²) in [6.07, 6.45) is 0.683. The van der Waals surface area contributed by atoms with Gasteiger partial charge in [-0.25, -0.2) is 13.1 Å². The van der Waals surface area contributed by atoms with Crippen molar-refractivity contribution in [2.45, 2.75) is 38.1 Å². The number of hydrogen-bond acceptors (Lipinski definition) is 4. The smallest absolute Gasteiger partial charge is 0.255 e. The average Bonchev–Trinajstić information content (AvgIpc) is 2.64. The number of ether oxygens (including phenoxy) is 1. The van der Waals surface area contributed by atoms with Gasteiger partial charge in [-0.2, -0.15) is 0 Å². The number of amides is 1. The van der Waals surface area contributed by atoms with Gasteiger partial charge in [0.15, 0.2) is 0 Å². The molecule has 8 heteroatoms. The third-order valence-electron chi connectivity index (χ3n) is 4.12. The van der Waals surface area contributed by atoms with Crippen LogP contribution in [-0.4, -0.2) is 27.5 Å². The lowest BCUT2D eigenvalue weighted by Crippen LogP contribution is -2.32. The van der Waals surface area contributed by atoms with Gasteiger partial charge < -0.3 is 10.1 Å². The Morgan fingerprint density at radius 1 is 1.22 bits per heavy atom. The first kappa shape index (κ1) is 21.2. The molecule has 0 heterocycles. The molecule has 2 aromatic carbocycles. The molecule has 146 valence electrons. The van der Waals surface area contributed by atoms with Crippen LogP contribution in [0.5, 0.6) is 5.75 Å². The van der Waals surface area contributed by atoms with Gasteiger partial charge in [-0.3, -0.25) is 4.79 Å². The number of aryl methyl sites for hydroxylation is 1. The Kier molecular flexibility index (Phi) is 6.86. The number of benzene rings is 2. The van der Waals surface area contributed by atoms with Crippen molar-refractivity contribution < 1.29 is 17.9 Å². The van der Waals surface area contributed by atoms with Crippen molar-refractivity contribution in [3.63, 3.8) is 0 Å². The molecule has 27 heavy (non-hydrogen) atoms. The fourth-order valence-electron chi connectivity index (χ4n) is 2.33. The lowest BCUT2D eigenvalue weighted by molar-refractivity contribution is 0.102. The molecule has 0 aliphatic heterocycles. The molecule has 2 rings (SSSR count). The highest BCUT2D eigenvalue weighted by Gasteiger charge is 2.18. The molecular weight excluding hydrogens is 388 g/mol. The highest BCUT2D eigenvalue weighted by Crippen LogP contribution is 2.31. The summed E-state index contributed by atoms with van der Waals surface area (Å²) in [6.45, 7) is 5.51. The first-order chi connectivity index (χ1) is 12.7. The summed E-state index contributed by atoms with van der Waals surface area (Å²) in [5, 5.41) is 3.29. The molecule has 0 fully saturated rings. The molecule has 6 nitrogen and oxygen atoms in total. The lowest BCUT2D eigenvalue weighted by Gasteiger charge is -2.13. The summed E-state index contributed by atoms with van der Waals surface area (Å²) in [5.74, 6) is 0.0600. The van der Waals surface area contributed by atoms with Crippen LogP contribution in [0.3, 0.4) is 0 Å². The SMILES string of the molecule is CCC(C)NS(=O)(=O)c1ccc(C(=O)Nc2cc(C)c(Cl)cc2OC)cc1. The minimum atomic E-state index is -3.61. The summed E-state index contributed by atoms with van der Waals surface area (Å²) < 4.78 is 32.4. The molecule has 0 radical (unpaired) electrons. The van der Waals surface area contributed by atoms with Gasteiger partial charge in [0.1, 0.15) is 5.75 Å². The predicted octanol–water partition coefficient (Wildman–Crippen LogP) is 3.99. The molecule has 0 bridgehead atoms. The van der Waals surface area contributed by atoms with E-state index in [1.807, 2.05) is 13.8 Å². The van der Waals surface area contributed by atoms with Crippen molar-refractivity contribution in [2.75, 3.05) is 12.4 Å². The molecule has 0 spiro atoms. The zero-order valence-corrected chi connectivity index (χ0v) is 17.2. The topological polar surface area (TPSA) is 84.5 Å². The van der Waals surface area contributed by atoms with E-state index in [-0.39, 0.29) is 16.8 Å². The van der Waals surface area contributed by atoms with Crippen molar-refractivity contribution >= 4 is 33.2 Å². The normalized spacial score (nSPS) is 12.5. The summed E-state index contributed by atoms with van der Waals surface area (Å²) in [5.41, 5.74) is 1.61. The van der Waals surface area contributed by atoms with E-state index in [0.29, 0.717) is 28.4 Å². The fraction of sp³-hybridized carbons (Fsp3) is 0.316. The summed E-state index contributed by atoms with van der Waals surface area (Å²) in [4.78, 5) is 12.6. The van der Waals surface area contributed by atoms with Crippen LogP contribution in [0.1, 0.15) is 36.2 Å². The van der Waals surface area contributed by atoms with E-state index in [1.54, 1.807) is 19.1 Å². The van der Waals surface area contributed by atoms with Crippen molar-refractivity contribution in [3.8, 4) is 5.75 Å². The highest BCUT2D eigenvalue weighted by molar-refractivity contribution is 7.89. The number of halogens is 1. The number of hydrogen-bond donors (Lipinski definition) is 2. The van der Waals surface area contributed by atoms with Gasteiger partial charge >= 0.3 is 0 Å². The number of rotatable bonds is 7. The predicted molar refractivity (Wildman–Crippen MR) is 107 cm³/mol. The van der Waals surface area contributed by atoms with Crippen LogP contribution in [0.2, 0.25) is 5.02 Å². The summed E-state index contributed by atoms with van der Waals surface area (Å²) >= 11 is 6.07. The fourth-order valence-corrected chi connectivity index (χ4v) is 3.81.